The van der Waals surface area contributed by atoms with Crippen LogP contribution >= 0.6 is 0 Å². The van der Waals surface area contributed by atoms with Gasteiger partial charge in [0.1, 0.15) is 5.54 Å². The zero-order chi connectivity index (χ0) is 19.0. The van der Waals surface area contributed by atoms with Crippen molar-refractivity contribution in [1.82, 2.24) is 10.6 Å². The average molecular weight is 363 g/mol. The van der Waals surface area contributed by atoms with Gasteiger partial charge >= 0.3 is 6.03 Å². The molecule has 1 aliphatic heterocycles. The van der Waals surface area contributed by atoms with E-state index in [1.807, 2.05) is 6.07 Å². The van der Waals surface area contributed by atoms with E-state index in [9.17, 15) is 14.4 Å². The molecule has 4 rings (SSSR count). The van der Waals surface area contributed by atoms with Crippen molar-refractivity contribution in [2.24, 2.45) is 0 Å². The molecular formula is C21H21N3O3. The highest BCUT2D eigenvalue weighted by atomic mass is 16.2. The minimum Gasteiger partial charge on any atom is -0.326 e. The number of rotatable bonds is 4. The van der Waals surface area contributed by atoms with E-state index in [1.54, 1.807) is 31.2 Å². The van der Waals surface area contributed by atoms with Crippen LogP contribution in [0.5, 0.6) is 0 Å². The Morgan fingerprint density at radius 3 is 2.70 bits per heavy atom. The third-order valence-corrected chi connectivity index (χ3v) is 5.30. The fraction of sp³-hybridized carbons (Fsp3) is 0.286. The maximum Gasteiger partial charge on any atom is 0.322 e. The van der Waals surface area contributed by atoms with E-state index < -0.39 is 17.5 Å². The van der Waals surface area contributed by atoms with E-state index in [0.29, 0.717) is 17.7 Å². The second kappa shape index (κ2) is 6.54. The Bertz CT molecular complexity index is 953. The number of hydrogen-bond donors (Lipinski definition) is 3. The van der Waals surface area contributed by atoms with Gasteiger partial charge in [-0.2, -0.15) is 0 Å². The van der Waals surface area contributed by atoms with Crippen LogP contribution in [0.4, 0.5) is 10.5 Å². The fourth-order valence-corrected chi connectivity index (χ4v) is 3.78. The number of benzene rings is 2. The lowest BCUT2D eigenvalue weighted by molar-refractivity contribution is -0.123. The number of fused-ring (bicyclic) bond motifs is 1. The predicted molar refractivity (Wildman–Crippen MR) is 101 cm³/mol. The smallest absolute Gasteiger partial charge is 0.322 e. The van der Waals surface area contributed by atoms with Gasteiger partial charge in [0.15, 0.2) is 0 Å². The average Bonchev–Trinajstić information content (AvgIpc) is 3.19. The van der Waals surface area contributed by atoms with Crippen molar-refractivity contribution >= 4 is 23.5 Å². The van der Waals surface area contributed by atoms with Crippen LogP contribution in [0.2, 0.25) is 0 Å². The third-order valence-electron chi connectivity index (χ3n) is 5.30. The van der Waals surface area contributed by atoms with Crippen LogP contribution in [-0.2, 0) is 34.4 Å². The Kier molecular flexibility index (Phi) is 4.18. The van der Waals surface area contributed by atoms with Crippen molar-refractivity contribution in [3.63, 3.8) is 0 Å². The molecule has 0 bridgehead atoms. The normalized spacial score (nSPS) is 20.8. The van der Waals surface area contributed by atoms with Crippen molar-refractivity contribution in [3.05, 3.63) is 64.7 Å². The summed E-state index contributed by atoms with van der Waals surface area (Å²) < 4.78 is 0. The molecular weight excluding hydrogens is 342 g/mol. The van der Waals surface area contributed by atoms with Crippen molar-refractivity contribution < 1.29 is 14.4 Å². The van der Waals surface area contributed by atoms with Crippen LogP contribution < -0.4 is 16.0 Å². The van der Waals surface area contributed by atoms with Crippen LogP contribution in [-0.4, -0.2) is 17.8 Å². The molecule has 1 heterocycles. The number of imide groups is 1. The van der Waals surface area contributed by atoms with Crippen LogP contribution in [0.25, 0.3) is 0 Å². The highest BCUT2D eigenvalue weighted by molar-refractivity contribution is 6.07. The van der Waals surface area contributed by atoms with Crippen LogP contribution in [0.1, 0.15) is 35.6 Å². The summed E-state index contributed by atoms with van der Waals surface area (Å²) in [7, 11) is 0. The summed E-state index contributed by atoms with van der Waals surface area (Å²) in [5.41, 5.74) is 3.79. The lowest BCUT2D eigenvalue weighted by Gasteiger charge is -2.21. The van der Waals surface area contributed by atoms with Gasteiger partial charge in [-0.1, -0.05) is 30.3 Å². The molecule has 0 radical (unpaired) electrons. The van der Waals surface area contributed by atoms with E-state index in [-0.39, 0.29) is 5.91 Å². The van der Waals surface area contributed by atoms with Crippen molar-refractivity contribution in [2.75, 3.05) is 5.32 Å². The van der Waals surface area contributed by atoms with Crippen molar-refractivity contribution in [3.8, 4) is 0 Å². The Balaban J connectivity index is 1.47. The van der Waals surface area contributed by atoms with Crippen molar-refractivity contribution in [1.29, 1.82) is 0 Å². The van der Waals surface area contributed by atoms with E-state index in [2.05, 4.69) is 28.1 Å². The SMILES string of the molecule is CC1(c2cccc(NC(=O)Cc3ccc4c(c3)CCC4)c2)NC(=O)NC1=O. The Hall–Kier alpha value is -3.15. The molecule has 2 aromatic carbocycles. The van der Waals surface area contributed by atoms with Gasteiger partial charge in [-0.15, -0.1) is 0 Å². The number of aryl methyl sites for hydroxylation is 2. The Morgan fingerprint density at radius 2 is 1.93 bits per heavy atom. The highest BCUT2D eigenvalue weighted by Crippen LogP contribution is 2.27. The number of anilines is 1. The van der Waals surface area contributed by atoms with Gasteiger partial charge in [0.2, 0.25) is 5.91 Å². The first kappa shape index (κ1) is 17.3. The molecule has 1 aliphatic carbocycles. The van der Waals surface area contributed by atoms with Gasteiger partial charge in [0.05, 0.1) is 6.42 Å². The summed E-state index contributed by atoms with van der Waals surface area (Å²) >= 11 is 0. The maximum atomic E-state index is 12.5. The second-order valence-corrected chi connectivity index (χ2v) is 7.30. The predicted octanol–water partition coefficient (Wildman–Crippen LogP) is 2.41. The first-order valence-corrected chi connectivity index (χ1v) is 9.09. The Labute approximate surface area is 157 Å². The topological polar surface area (TPSA) is 87.3 Å². The van der Waals surface area contributed by atoms with Crippen LogP contribution in [0.3, 0.4) is 0 Å². The van der Waals surface area contributed by atoms with Gasteiger partial charge in [-0.25, -0.2) is 4.79 Å². The number of urea groups is 1. The number of carbonyl (C=O) groups excluding carboxylic acids is 3. The molecule has 1 unspecified atom stereocenters. The zero-order valence-electron chi connectivity index (χ0n) is 15.1. The molecule has 138 valence electrons. The summed E-state index contributed by atoms with van der Waals surface area (Å²) in [6.07, 6.45) is 3.68. The largest absolute Gasteiger partial charge is 0.326 e. The first-order valence-electron chi connectivity index (χ1n) is 9.09. The molecule has 6 nitrogen and oxygen atoms in total. The summed E-state index contributed by atoms with van der Waals surface area (Å²) in [6, 6.07) is 12.7. The molecule has 0 spiro atoms. The quantitative estimate of drug-likeness (QED) is 0.729. The van der Waals surface area contributed by atoms with Gasteiger partial charge in [0, 0.05) is 5.69 Å². The molecule has 27 heavy (non-hydrogen) atoms. The molecule has 1 fully saturated rings. The number of carbonyl (C=O) groups is 3. The molecule has 3 N–H and O–H groups in total. The zero-order valence-corrected chi connectivity index (χ0v) is 15.1. The van der Waals surface area contributed by atoms with Gasteiger partial charge < -0.3 is 10.6 Å². The fourth-order valence-electron chi connectivity index (χ4n) is 3.78. The minimum absolute atomic E-state index is 0.116. The van der Waals surface area contributed by atoms with Crippen molar-refractivity contribution in [2.45, 2.75) is 38.1 Å². The van der Waals surface area contributed by atoms with E-state index in [0.717, 1.165) is 18.4 Å². The molecule has 0 saturated carbocycles. The number of amides is 4. The lowest BCUT2D eigenvalue weighted by Crippen LogP contribution is -2.40. The van der Waals surface area contributed by atoms with Gasteiger partial charge in [-0.05, 0) is 60.6 Å². The first-order chi connectivity index (χ1) is 12.9. The monoisotopic (exact) mass is 363 g/mol. The number of nitrogens with one attached hydrogen (secondary N) is 3. The van der Waals surface area contributed by atoms with E-state index in [4.69, 9.17) is 0 Å². The number of hydrogen-bond acceptors (Lipinski definition) is 3. The molecule has 1 atom stereocenters. The summed E-state index contributed by atoms with van der Waals surface area (Å²) in [5.74, 6) is -0.524. The van der Waals surface area contributed by atoms with Gasteiger partial charge in [0.25, 0.3) is 5.91 Å². The highest BCUT2D eigenvalue weighted by Gasteiger charge is 2.43. The maximum absolute atomic E-state index is 12.5. The minimum atomic E-state index is -1.14. The van der Waals surface area contributed by atoms with Crippen LogP contribution in [0, 0.1) is 0 Å². The molecule has 0 aromatic heterocycles. The molecule has 2 aromatic rings. The summed E-state index contributed by atoms with van der Waals surface area (Å²) in [5, 5.41) is 7.75. The summed E-state index contributed by atoms with van der Waals surface area (Å²) in [6.45, 7) is 1.64. The van der Waals surface area contributed by atoms with Gasteiger partial charge in [-0.3, -0.25) is 14.9 Å². The van der Waals surface area contributed by atoms with E-state index >= 15 is 0 Å². The lowest BCUT2D eigenvalue weighted by atomic mass is 9.92. The standard InChI is InChI=1S/C21H21N3O3/c1-21(19(26)23-20(27)24-21)16-6-3-7-17(12-16)22-18(25)11-13-8-9-14-4-2-5-15(14)10-13/h3,6-10,12H,2,4-5,11H2,1H3,(H,22,25)(H2,23,24,26,27). The molecule has 6 heteroatoms. The van der Waals surface area contributed by atoms with E-state index in [1.165, 1.54) is 17.5 Å². The summed E-state index contributed by atoms with van der Waals surface area (Å²) in [4.78, 5) is 36.0. The molecule has 4 amide bonds. The Morgan fingerprint density at radius 1 is 1.11 bits per heavy atom. The third kappa shape index (κ3) is 3.30. The molecule has 1 saturated heterocycles. The second-order valence-electron chi connectivity index (χ2n) is 7.30. The van der Waals surface area contributed by atoms with Crippen LogP contribution in [0.15, 0.2) is 42.5 Å². The molecule has 2 aliphatic rings.